The quantitative estimate of drug-likeness (QED) is 0.754. The summed E-state index contributed by atoms with van der Waals surface area (Å²) in [4.78, 5) is 17.9. The van der Waals surface area contributed by atoms with E-state index in [9.17, 15) is 4.79 Å². The molecular weight excluding hydrogens is 320 g/mol. The van der Waals surface area contributed by atoms with Crippen molar-refractivity contribution in [3.63, 3.8) is 0 Å². The summed E-state index contributed by atoms with van der Waals surface area (Å²) in [6.07, 6.45) is 0.741. The molecule has 1 N–H and O–H groups in total. The van der Waals surface area contributed by atoms with Crippen molar-refractivity contribution in [3.8, 4) is 5.75 Å². The van der Waals surface area contributed by atoms with E-state index in [0.717, 1.165) is 17.0 Å². The SMILES string of the molecule is COc1c(C(=O)Nc2cccc(C)n2)csc1Cc1ccccc1. The fourth-order valence-corrected chi connectivity index (χ4v) is 3.49. The highest BCUT2D eigenvalue weighted by atomic mass is 32.1. The Morgan fingerprint density at radius 3 is 2.67 bits per heavy atom. The van der Waals surface area contributed by atoms with E-state index in [4.69, 9.17) is 4.74 Å². The van der Waals surface area contributed by atoms with Crippen molar-refractivity contribution in [2.45, 2.75) is 13.3 Å². The van der Waals surface area contributed by atoms with E-state index in [1.165, 1.54) is 16.9 Å². The molecule has 0 saturated carbocycles. The molecule has 122 valence electrons. The van der Waals surface area contributed by atoms with Crippen LogP contribution >= 0.6 is 11.3 Å². The largest absolute Gasteiger partial charge is 0.495 e. The first-order chi connectivity index (χ1) is 11.7. The highest BCUT2D eigenvalue weighted by Gasteiger charge is 2.19. The number of hydrogen-bond donors (Lipinski definition) is 1. The standard InChI is InChI=1S/C19H18N2O2S/c1-13-7-6-10-17(20-13)21-19(22)15-12-24-16(18(15)23-2)11-14-8-4-3-5-9-14/h3-10,12H,11H2,1-2H3,(H,20,21,22). The Kier molecular flexibility index (Phi) is 4.91. The molecule has 0 aliphatic rings. The molecule has 0 unspecified atom stereocenters. The summed E-state index contributed by atoms with van der Waals surface area (Å²) in [5.41, 5.74) is 2.58. The zero-order chi connectivity index (χ0) is 16.9. The van der Waals surface area contributed by atoms with Crippen LogP contribution in [-0.2, 0) is 6.42 Å². The van der Waals surface area contributed by atoms with Crippen LogP contribution in [-0.4, -0.2) is 18.0 Å². The van der Waals surface area contributed by atoms with Gasteiger partial charge < -0.3 is 10.1 Å². The predicted octanol–water partition coefficient (Wildman–Crippen LogP) is 4.30. The molecule has 0 aliphatic carbocycles. The Hall–Kier alpha value is -2.66. The maximum Gasteiger partial charge on any atom is 0.261 e. The molecule has 3 rings (SSSR count). The summed E-state index contributed by atoms with van der Waals surface area (Å²) in [5.74, 6) is 0.965. The summed E-state index contributed by atoms with van der Waals surface area (Å²) in [5, 5.41) is 4.66. The molecule has 2 heterocycles. The molecular formula is C19H18N2O2S. The first kappa shape index (κ1) is 16.2. The maximum absolute atomic E-state index is 12.5. The Balaban J connectivity index is 1.82. The van der Waals surface area contributed by atoms with E-state index >= 15 is 0 Å². The number of carbonyl (C=O) groups excluding carboxylic acids is 1. The number of benzene rings is 1. The van der Waals surface area contributed by atoms with Crippen LogP contribution in [0.4, 0.5) is 5.82 Å². The number of nitrogens with one attached hydrogen (secondary N) is 1. The maximum atomic E-state index is 12.5. The average molecular weight is 338 g/mol. The van der Waals surface area contributed by atoms with Gasteiger partial charge in [0.05, 0.1) is 17.6 Å². The number of carbonyl (C=O) groups is 1. The van der Waals surface area contributed by atoms with Crippen LogP contribution in [0.15, 0.2) is 53.9 Å². The number of hydrogen-bond acceptors (Lipinski definition) is 4. The van der Waals surface area contributed by atoms with Gasteiger partial charge in [-0.3, -0.25) is 4.79 Å². The summed E-state index contributed by atoms with van der Waals surface area (Å²) >= 11 is 1.53. The van der Waals surface area contributed by atoms with Gasteiger partial charge in [0, 0.05) is 17.5 Å². The molecule has 5 heteroatoms. The van der Waals surface area contributed by atoms with Crippen molar-refractivity contribution in [2.75, 3.05) is 12.4 Å². The van der Waals surface area contributed by atoms with E-state index in [-0.39, 0.29) is 5.91 Å². The van der Waals surface area contributed by atoms with Crippen LogP contribution in [0.3, 0.4) is 0 Å². The molecule has 0 radical (unpaired) electrons. The Morgan fingerprint density at radius 2 is 1.96 bits per heavy atom. The normalized spacial score (nSPS) is 10.4. The molecule has 1 amide bonds. The second kappa shape index (κ2) is 7.27. The molecule has 0 aliphatic heterocycles. The van der Waals surface area contributed by atoms with Gasteiger partial charge in [-0.1, -0.05) is 36.4 Å². The van der Waals surface area contributed by atoms with Crippen LogP contribution in [0, 0.1) is 6.92 Å². The third-order valence-corrected chi connectivity index (χ3v) is 4.57. The second-order valence-corrected chi connectivity index (χ2v) is 6.35. The Morgan fingerprint density at radius 1 is 1.17 bits per heavy atom. The van der Waals surface area contributed by atoms with Crippen LogP contribution < -0.4 is 10.1 Å². The molecule has 2 aromatic heterocycles. The van der Waals surface area contributed by atoms with E-state index in [0.29, 0.717) is 17.1 Å². The van der Waals surface area contributed by atoms with Gasteiger partial charge in [0.1, 0.15) is 11.6 Å². The van der Waals surface area contributed by atoms with Gasteiger partial charge in [0.25, 0.3) is 5.91 Å². The third kappa shape index (κ3) is 3.63. The highest BCUT2D eigenvalue weighted by molar-refractivity contribution is 7.10. The second-order valence-electron chi connectivity index (χ2n) is 5.39. The lowest BCUT2D eigenvalue weighted by Crippen LogP contribution is -2.13. The molecule has 0 saturated heterocycles. The molecule has 3 aromatic rings. The fourth-order valence-electron chi connectivity index (χ4n) is 2.47. The molecule has 4 nitrogen and oxygen atoms in total. The predicted molar refractivity (Wildman–Crippen MR) is 97.0 cm³/mol. The molecule has 0 fully saturated rings. The van der Waals surface area contributed by atoms with Gasteiger partial charge in [0.15, 0.2) is 0 Å². The van der Waals surface area contributed by atoms with E-state index in [1.807, 2.05) is 42.6 Å². The molecule has 0 spiro atoms. The Bertz CT molecular complexity index is 844. The first-order valence-electron chi connectivity index (χ1n) is 7.60. The minimum Gasteiger partial charge on any atom is -0.495 e. The van der Waals surface area contributed by atoms with Crippen molar-refractivity contribution in [3.05, 3.63) is 75.6 Å². The first-order valence-corrected chi connectivity index (χ1v) is 8.48. The number of thiophene rings is 1. The topological polar surface area (TPSA) is 51.2 Å². The minimum absolute atomic E-state index is 0.208. The van der Waals surface area contributed by atoms with Gasteiger partial charge in [0.2, 0.25) is 0 Å². The van der Waals surface area contributed by atoms with Crippen molar-refractivity contribution >= 4 is 23.1 Å². The van der Waals surface area contributed by atoms with E-state index in [2.05, 4.69) is 22.4 Å². The monoisotopic (exact) mass is 338 g/mol. The number of pyridine rings is 1. The lowest BCUT2D eigenvalue weighted by molar-refractivity contribution is 0.102. The smallest absolute Gasteiger partial charge is 0.261 e. The highest BCUT2D eigenvalue weighted by Crippen LogP contribution is 2.33. The number of aromatic nitrogens is 1. The van der Waals surface area contributed by atoms with Crippen LogP contribution in [0.1, 0.15) is 26.5 Å². The number of nitrogens with zero attached hydrogens (tertiary/aromatic N) is 1. The number of aryl methyl sites for hydroxylation is 1. The number of rotatable bonds is 5. The van der Waals surface area contributed by atoms with Gasteiger partial charge in [-0.15, -0.1) is 11.3 Å². The number of amides is 1. The molecule has 0 atom stereocenters. The summed E-state index contributed by atoms with van der Waals surface area (Å²) in [6.45, 7) is 1.89. The minimum atomic E-state index is -0.208. The zero-order valence-corrected chi connectivity index (χ0v) is 14.4. The van der Waals surface area contributed by atoms with E-state index < -0.39 is 0 Å². The number of ether oxygens (including phenoxy) is 1. The van der Waals surface area contributed by atoms with Gasteiger partial charge in [-0.2, -0.15) is 0 Å². The van der Waals surface area contributed by atoms with Crippen LogP contribution in [0.2, 0.25) is 0 Å². The van der Waals surface area contributed by atoms with Crippen molar-refractivity contribution in [1.29, 1.82) is 0 Å². The number of methoxy groups -OCH3 is 1. The average Bonchev–Trinajstić information content (AvgIpc) is 2.98. The number of anilines is 1. The summed E-state index contributed by atoms with van der Waals surface area (Å²) in [7, 11) is 1.60. The van der Waals surface area contributed by atoms with Crippen LogP contribution in [0.5, 0.6) is 5.75 Å². The summed E-state index contributed by atoms with van der Waals surface area (Å²) in [6, 6.07) is 15.7. The van der Waals surface area contributed by atoms with Crippen molar-refractivity contribution in [2.24, 2.45) is 0 Å². The molecule has 1 aromatic carbocycles. The fraction of sp³-hybridized carbons (Fsp3) is 0.158. The third-order valence-electron chi connectivity index (χ3n) is 3.60. The Labute approximate surface area is 145 Å². The molecule has 24 heavy (non-hydrogen) atoms. The van der Waals surface area contributed by atoms with Crippen molar-refractivity contribution < 1.29 is 9.53 Å². The lowest BCUT2D eigenvalue weighted by Gasteiger charge is -2.08. The van der Waals surface area contributed by atoms with Crippen molar-refractivity contribution in [1.82, 2.24) is 4.98 Å². The van der Waals surface area contributed by atoms with Gasteiger partial charge >= 0.3 is 0 Å². The summed E-state index contributed by atoms with van der Waals surface area (Å²) < 4.78 is 5.50. The molecule has 0 bridgehead atoms. The lowest BCUT2D eigenvalue weighted by atomic mass is 10.1. The zero-order valence-electron chi connectivity index (χ0n) is 13.6. The van der Waals surface area contributed by atoms with E-state index in [1.54, 1.807) is 13.2 Å². The van der Waals surface area contributed by atoms with Crippen LogP contribution in [0.25, 0.3) is 0 Å². The van der Waals surface area contributed by atoms with Gasteiger partial charge in [-0.05, 0) is 24.6 Å². The van der Waals surface area contributed by atoms with Gasteiger partial charge in [-0.25, -0.2) is 4.98 Å².